The molecule has 2 saturated heterocycles. The van der Waals surface area contributed by atoms with Crippen molar-refractivity contribution in [1.29, 1.82) is 0 Å². The molecule has 7 heteroatoms. The van der Waals surface area contributed by atoms with Crippen LogP contribution >= 0.6 is 24.8 Å². The molecule has 1 amide bonds. The molecule has 0 spiro atoms. The number of amides is 1. The molecule has 0 radical (unpaired) electrons. The van der Waals surface area contributed by atoms with Gasteiger partial charge in [-0.1, -0.05) is 6.92 Å². The number of rotatable bonds is 8. The Hall–Kier alpha value is -0.0700. The molecule has 0 aromatic carbocycles. The molecule has 2 N–H and O–H groups in total. The summed E-state index contributed by atoms with van der Waals surface area (Å²) in [6, 6.07) is 0. The second-order valence-corrected chi connectivity index (χ2v) is 8.18. The van der Waals surface area contributed by atoms with E-state index in [1.165, 1.54) is 45.3 Å². The van der Waals surface area contributed by atoms with Gasteiger partial charge in [-0.2, -0.15) is 0 Å². The molecule has 2 aliphatic heterocycles. The highest BCUT2D eigenvalue weighted by molar-refractivity contribution is 5.85. The molecule has 0 aliphatic carbocycles. The van der Waals surface area contributed by atoms with Crippen LogP contribution in [0.3, 0.4) is 0 Å². The van der Waals surface area contributed by atoms with Gasteiger partial charge in [0.25, 0.3) is 0 Å². The molecule has 2 rings (SSSR count). The molecule has 0 bridgehead atoms. The van der Waals surface area contributed by atoms with Gasteiger partial charge in [-0.25, -0.2) is 0 Å². The summed E-state index contributed by atoms with van der Waals surface area (Å²) in [6.45, 7) is 9.99. The quantitative estimate of drug-likeness (QED) is 0.643. The van der Waals surface area contributed by atoms with Crippen molar-refractivity contribution < 1.29 is 4.79 Å². The number of likely N-dealkylation sites (tertiary alicyclic amines) is 1. The fraction of sp³-hybridized carbons (Fsp3) is 0.947. The minimum Gasteiger partial charge on any atom is -0.356 e. The minimum absolute atomic E-state index is 0. The van der Waals surface area contributed by atoms with Gasteiger partial charge in [0.1, 0.15) is 0 Å². The van der Waals surface area contributed by atoms with Gasteiger partial charge in [-0.15, -0.1) is 24.8 Å². The van der Waals surface area contributed by atoms with Crippen LogP contribution in [-0.2, 0) is 4.79 Å². The summed E-state index contributed by atoms with van der Waals surface area (Å²) < 4.78 is 0. The number of nitrogens with one attached hydrogen (secondary N) is 2. The molecular weight excluding hydrogens is 371 g/mol. The Bertz CT molecular complexity index is 371. The number of likely N-dealkylation sites (N-methyl/N-ethyl adjacent to an activating group) is 1. The van der Waals surface area contributed by atoms with Gasteiger partial charge in [0.15, 0.2) is 0 Å². The minimum atomic E-state index is 0. The van der Waals surface area contributed by atoms with Crippen LogP contribution in [-0.4, -0.2) is 75.6 Å². The van der Waals surface area contributed by atoms with Crippen LogP contribution in [0.15, 0.2) is 0 Å². The zero-order valence-corrected chi connectivity index (χ0v) is 18.5. The van der Waals surface area contributed by atoms with Gasteiger partial charge in [-0.3, -0.25) is 4.79 Å². The van der Waals surface area contributed by atoms with Gasteiger partial charge >= 0.3 is 0 Å². The average molecular weight is 411 g/mol. The Kier molecular flexibility index (Phi) is 14.0. The summed E-state index contributed by atoms with van der Waals surface area (Å²) in [5, 5.41) is 6.66. The molecule has 0 aromatic heterocycles. The monoisotopic (exact) mass is 410 g/mol. The van der Waals surface area contributed by atoms with Gasteiger partial charge in [0.2, 0.25) is 5.91 Å². The van der Waals surface area contributed by atoms with Crippen LogP contribution in [0, 0.1) is 17.8 Å². The van der Waals surface area contributed by atoms with E-state index in [-0.39, 0.29) is 30.7 Å². The predicted octanol–water partition coefficient (Wildman–Crippen LogP) is 2.25. The third-order valence-electron chi connectivity index (χ3n) is 5.81. The first kappa shape index (κ1) is 25.9. The van der Waals surface area contributed by atoms with Gasteiger partial charge < -0.3 is 20.4 Å². The Labute approximate surface area is 172 Å². The van der Waals surface area contributed by atoms with Crippen LogP contribution in [0.25, 0.3) is 0 Å². The molecule has 26 heavy (non-hydrogen) atoms. The van der Waals surface area contributed by atoms with E-state index in [0.717, 1.165) is 26.2 Å². The molecule has 5 nitrogen and oxygen atoms in total. The van der Waals surface area contributed by atoms with Crippen molar-refractivity contribution in [2.45, 2.75) is 39.0 Å². The first-order valence-corrected chi connectivity index (χ1v) is 9.89. The molecular formula is C19H40Cl2N4O. The number of halogens is 2. The van der Waals surface area contributed by atoms with E-state index >= 15 is 0 Å². The van der Waals surface area contributed by atoms with E-state index in [4.69, 9.17) is 0 Å². The molecule has 0 saturated carbocycles. The third-order valence-corrected chi connectivity index (χ3v) is 5.81. The van der Waals surface area contributed by atoms with Crippen molar-refractivity contribution in [2.75, 3.05) is 59.9 Å². The Morgan fingerprint density at radius 2 is 1.92 bits per heavy atom. The van der Waals surface area contributed by atoms with Crippen molar-refractivity contribution >= 4 is 30.7 Å². The Morgan fingerprint density at radius 1 is 1.23 bits per heavy atom. The van der Waals surface area contributed by atoms with Gasteiger partial charge in [0, 0.05) is 26.1 Å². The number of carbonyl (C=O) groups is 1. The number of hydrogen-bond donors (Lipinski definition) is 2. The summed E-state index contributed by atoms with van der Waals surface area (Å²) >= 11 is 0. The smallest absolute Gasteiger partial charge is 0.220 e. The maximum atomic E-state index is 12.2. The summed E-state index contributed by atoms with van der Waals surface area (Å²) in [7, 11) is 4.26. The maximum Gasteiger partial charge on any atom is 0.220 e. The zero-order valence-electron chi connectivity index (χ0n) is 16.8. The van der Waals surface area contributed by atoms with Crippen LogP contribution in [0.2, 0.25) is 0 Å². The van der Waals surface area contributed by atoms with E-state index in [2.05, 4.69) is 41.5 Å². The Balaban J connectivity index is 0.00000312. The average Bonchev–Trinajstić information content (AvgIpc) is 2.59. The molecule has 2 fully saturated rings. The number of nitrogens with zero attached hydrogens (tertiary/aromatic N) is 2. The third kappa shape index (κ3) is 9.75. The standard InChI is InChI=1S/C19H38N4O.2ClH/c1-16(18-5-4-8-20-15-18)13-19(24)21-14-17-6-9-23(10-7-17)12-11-22(2)3;;/h16-18,20H,4-15H2,1-3H3,(H,21,24);2*1H. The molecule has 2 unspecified atom stereocenters. The van der Waals surface area contributed by atoms with E-state index < -0.39 is 0 Å². The lowest BCUT2D eigenvalue weighted by molar-refractivity contribution is -0.122. The van der Waals surface area contributed by atoms with Crippen LogP contribution in [0.5, 0.6) is 0 Å². The number of carbonyl (C=O) groups excluding carboxylic acids is 1. The van der Waals surface area contributed by atoms with Crippen LogP contribution in [0.4, 0.5) is 0 Å². The lowest BCUT2D eigenvalue weighted by Crippen LogP contribution is -2.41. The first-order valence-electron chi connectivity index (χ1n) is 9.89. The Morgan fingerprint density at radius 3 is 2.50 bits per heavy atom. The SMILES string of the molecule is CC(CC(=O)NCC1CCN(CCN(C)C)CC1)C1CCCNC1.Cl.Cl. The fourth-order valence-electron chi connectivity index (χ4n) is 3.91. The first-order chi connectivity index (χ1) is 11.5. The maximum absolute atomic E-state index is 12.2. The number of piperidine rings is 2. The van der Waals surface area contributed by atoms with E-state index in [9.17, 15) is 4.79 Å². The van der Waals surface area contributed by atoms with Gasteiger partial charge in [-0.05, 0) is 83.7 Å². The second-order valence-electron chi connectivity index (χ2n) is 8.18. The van der Waals surface area contributed by atoms with Crippen molar-refractivity contribution in [3.8, 4) is 0 Å². The summed E-state index contributed by atoms with van der Waals surface area (Å²) in [5.74, 6) is 2.08. The highest BCUT2D eigenvalue weighted by atomic mass is 35.5. The molecule has 0 aromatic rings. The summed E-state index contributed by atoms with van der Waals surface area (Å²) in [4.78, 5) is 17.0. The lowest BCUT2D eigenvalue weighted by Gasteiger charge is -2.33. The molecule has 2 aliphatic rings. The summed E-state index contributed by atoms with van der Waals surface area (Å²) in [5.41, 5.74) is 0. The highest BCUT2D eigenvalue weighted by Gasteiger charge is 2.23. The largest absolute Gasteiger partial charge is 0.356 e. The van der Waals surface area contributed by atoms with Gasteiger partial charge in [0.05, 0.1) is 0 Å². The second kappa shape index (κ2) is 14.0. The zero-order chi connectivity index (χ0) is 17.4. The molecule has 2 heterocycles. The topological polar surface area (TPSA) is 47.6 Å². The normalized spacial score (nSPS) is 23.0. The van der Waals surface area contributed by atoms with Crippen molar-refractivity contribution in [3.05, 3.63) is 0 Å². The fourth-order valence-corrected chi connectivity index (χ4v) is 3.91. The molecule has 2 atom stereocenters. The van der Waals surface area contributed by atoms with E-state index in [1.807, 2.05) is 0 Å². The van der Waals surface area contributed by atoms with Crippen LogP contribution in [0.1, 0.15) is 39.0 Å². The highest BCUT2D eigenvalue weighted by Crippen LogP contribution is 2.22. The van der Waals surface area contributed by atoms with E-state index in [1.54, 1.807) is 0 Å². The molecule has 156 valence electrons. The summed E-state index contributed by atoms with van der Waals surface area (Å²) in [6.07, 6.45) is 5.65. The van der Waals surface area contributed by atoms with E-state index in [0.29, 0.717) is 24.2 Å². The predicted molar refractivity (Wildman–Crippen MR) is 115 cm³/mol. The van der Waals surface area contributed by atoms with Crippen molar-refractivity contribution in [2.24, 2.45) is 17.8 Å². The van der Waals surface area contributed by atoms with Crippen molar-refractivity contribution in [3.63, 3.8) is 0 Å². The van der Waals surface area contributed by atoms with Crippen LogP contribution < -0.4 is 10.6 Å². The number of hydrogen-bond acceptors (Lipinski definition) is 4. The van der Waals surface area contributed by atoms with Crippen molar-refractivity contribution in [1.82, 2.24) is 20.4 Å². The lowest BCUT2D eigenvalue weighted by atomic mass is 9.85.